The smallest absolute Gasteiger partial charge is 0.255 e. The van der Waals surface area contributed by atoms with Crippen LogP contribution in [0.5, 0.6) is 5.75 Å². The number of amides is 1. The van der Waals surface area contributed by atoms with Gasteiger partial charge in [-0.25, -0.2) is 4.98 Å². The molecule has 2 heterocycles. The molecule has 34 heavy (non-hydrogen) atoms. The number of hydrogen-bond acceptors (Lipinski definition) is 3. The zero-order chi connectivity index (χ0) is 23.5. The second-order valence-electron chi connectivity index (χ2n) is 8.59. The van der Waals surface area contributed by atoms with Gasteiger partial charge in [0.05, 0.1) is 21.6 Å². The standard InChI is InChI=1S/C27H25BrClN3O2/c28-20-10-11-23(29)22(16-20)27(33)31-14-12-19(13-15-31)17-32-25-9-5-4-8-24(25)30-26(32)18-34-21-6-2-1-3-7-21/h1-11,16,19H,12-15,17-18H2. The second kappa shape index (κ2) is 10.2. The van der Waals surface area contributed by atoms with Gasteiger partial charge in [0.15, 0.2) is 0 Å². The van der Waals surface area contributed by atoms with E-state index >= 15 is 0 Å². The molecule has 7 heteroatoms. The zero-order valence-electron chi connectivity index (χ0n) is 18.7. The summed E-state index contributed by atoms with van der Waals surface area (Å²) in [6.07, 6.45) is 1.87. The first-order valence-electron chi connectivity index (χ1n) is 11.4. The first kappa shape index (κ1) is 22.9. The van der Waals surface area contributed by atoms with E-state index in [4.69, 9.17) is 21.3 Å². The van der Waals surface area contributed by atoms with Crippen molar-refractivity contribution in [2.45, 2.75) is 26.0 Å². The number of fused-ring (bicyclic) bond motifs is 1. The van der Waals surface area contributed by atoms with E-state index in [9.17, 15) is 4.79 Å². The van der Waals surface area contributed by atoms with Crippen LogP contribution in [0.1, 0.15) is 29.0 Å². The number of benzene rings is 3. The number of rotatable bonds is 6. The predicted octanol–water partition coefficient (Wildman–Crippen LogP) is 6.58. The average Bonchev–Trinajstić information content (AvgIpc) is 3.22. The van der Waals surface area contributed by atoms with Crippen LogP contribution in [0.4, 0.5) is 0 Å². The van der Waals surface area contributed by atoms with Crippen LogP contribution in [0.25, 0.3) is 11.0 Å². The number of nitrogens with zero attached hydrogens (tertiary/aromatic N) is 3. The van der Waals surface area contributed by atoms with E-state index in [0.29, 0.717) is 23.1 Å². The monoisotopic (exact) mass is 537 g/mol. The molecule has 1 aromatic heterocycles. The molecule has 1 amide bonds. The molecule has 0 aliphatic carbocycles. The Morgan fingerprint density at radius 2 is 1.76 bits per heavy atom. The van der Waals surface area contributed by atoms with Crippen LogP contribution >= 0.6 is 27.5 Å². The molecule has 174 valence electrons. The molecule has 5 rings (SSSR count). The fraction of sp³-hybridized carbons (Fsp3) is 0.259. The van der Waals surface area contributed by atoms with Gasteiger partial charge in [0, 0.05) is 24.1 Å². The van der Waals surface area contributed by atoms with Crippen LogP contribution in [0.3, 0.4) is 0 Å². The summed E-state index contributed by atoms with van der Waals surface area (Å²) in [5.74, 6) is 2.20. The predicted molar refractivity (Wildman–Crippen MR) is 138 cm³/mol. The minimum absolute atomic E-state index is 0.00483. The van der Waals surface area contributed by atoms with E-state index in [1.165, 1.54) is 0 Å². The lowest BCUT2D eigenvalue weighted by atomic mass is 9.96. The van der Waals surface area contributed by atoms with Gasteiger partial charge in [0.25, 0.3) is 5.91 Å². The molecule has 0 radical (unpaired) electrons. The lowest BCUT2D eigenvalue weighted by Crippen LogP contribution is -2.39. The summed E-state index contributed by atoms with van der Waals surface area (Å²) in [5.41, 5.74) is 2.65. The SMILES string of the molecule is O=C(c1cc(Br)ccc1Cl)N1CCC(Cn2c(COc3ccccc3)nc3ccccc32)CC1. The number of ether oxygens (including phenoxy) is 1. The third-order valence-corrected chi connectivity index (χ3v) is 7.17. The van der Waals surface area contributed by atoms with Gasteiger partial charge >= 0.3 is 0 Å². The maximum atomic E-state index is 13.0. The highest BCUT2D eigenvalue weighted by molar-refractivity contribution is 9.10. The quantitative estimate of drug-likeness (QED) is 0.278. The van der Waals surface area contributed by atoms with Crippen molar-refractivity contribution in [2.24, 2.45) is 5.92 Å². The Balaban J connectivity index is 1.28. The highest BCUT2D eigenvalue weighted by Gasteiger charge is 2.26. The van der Waals surface area contributed by atoms with Crippen molar-refractivity contribution in [1.82, 2.24) is 14.5 Å². The molecule has 0 atom stereocenters. The topological polar surface area (TPSA) is 47.4 Å². The summed E-state index contributed by atoms with van der Waals surface area (Å²) in [7, 11) is 0. The van der Waals surface area contributed by atoms with Gasteiger partial charge in [-0.3, -0.25) is 4.79 Å². The van der Waals surface area contributed by atoms with E-state index in [0.717, 1.165) is 59.6 Å². The molecular formula is C27H25BrClN3O2. The molecule has 0 spiro atoms. The second-order valence-corrected chi connectivity index (χ2v) is 9.91. The lowest BCUT2D eigenvalue weighted by Gasteiger charge is -2.32. The molecule has 3 aromatic carbocycles. The largest absolute Gasteiger partial charge is 0.486 e. The van der Waals surface area contributed by atoms with Crippen molar-refractivity contribution >= 4 is 44.5 Å². The average molecular weight is 539 g/mol. The van der Waals surface area contributed by atoms with E-state index in [1.54, 1.807) is 12.1 Å². The molecule has 0 saturated carbocycles. The van der Waals surface area contributed by atoms with Gasteiger partial charge in [0.1, 0.15) is 18.2 Å². The number of piperidine rings is 1. The van der Waals surface area contributed by atoms with Crippen LogP contribution in [-0.4, -0.2) is 33.4 Å². The third-order valence-electron chi connectivity index (χ3n) is 6.35. The molecule has 0 unspecified atom stereocenters. The van der Waals surface area contributed by atoms with Crippen molar-refractivity contribution in [3.05, 3.63) is 93.7 Å². The summed E-state index contributed by atoms with van der Waals surface area (Å²) in [5, 5.41) is 0.489. The summed E-state index contributed by atoms with van der Waals surface area (Å²) in [6.45, 7) is 2.70. The molecule has 0 N–H and O–H groups in total. The number of aromatic nitrogens is 2. The number of para-hydroxylation sites is 3. The molecule has 4 aromatic rings. The molecule has 0 bridgehead atoms. The third kappa shape index (κ3) is 4.98. The van der Waals surface area contributed by atoms with Crippen molar-refractivity contribution in [2.75, 3.05) is 13.1 Å². The number of halogens is 2. The Kier molecular flexibility index (Phi) is 6.88. The van der Waals surface area contributed by atoms with Crippen LogP contribution in [0, 0.1) is 5.92 Å². The normalized spacial score (nSPS) is 14.5. The number of imidazole rings is 1. The highest BCUT2D eigenvalue weighted by atomic mass is 79.9. The first-order valence-corrected chi connectivity index (χ1v) is 12.6. The summed E-state index contributed by atoms with van der Waals surface area (Å²) < 4.78 is 9.15. The molecule has 1 aliphatic heterocycles. The van der Waals surface area contributed by atoms with Crippen LogP contribution in [0.15, 0.2) is 77.3 Å². The van der Waals surface area contributed by atoms with Crippen LogP contribution < -0.4 is 4.74 Å². The van der Waals surface area contributed by atoms with E-state index in [2.05, 4.69) is 26.6 Å². The molecule has 1 aliphatic rings. The van der Waals surface area contributed by atoms with Gasteiger partial charge in [-0.2, -0.15) is 0 Å². The Morgan fingerprint density at radius 1 is 1.03 bits per heavy atom. The Morgan fingerprint density at radius 3 is 2.56 bits per heavy atom. The van der Waals surface area contributed by atoms with Crippen LogP contribution in [-0.2, 0) is 13.2 Å². The van der Waals surface area contributed by atoms with Gasteiger partial charge in [0.2, 0.25) is 0 Å². The Bertz CT molecular complexity index is 1300. The van der Waals surface area contributed by atoms with E-state index < -0.39 is 0 Å². The number of carbonyl (C=O) groups excluding carboxylic acids is 1. The fourth-order valence-electron chi connectivity index (χ4n) is 4.51. The van der Waals surface area contributed by atoms with Crippen molar-refractivity contribution in [3.8, 4) is 5.75 Å². The zero-order valence-corrected chi connectivity index (χ0v) is 21.0. The van der Waals surface area contributed by atoms with Crippen molar-refractivity contribution < 1.29 is 9.53 Å². The maximum Gasteiger partial charge on any atom is 0.255 e. The molecular weight excluding hydrogens is 514 g/mol. The van der Waals surface area contributed by atoms with Crippen molar-refractivity contribution in [1.29, 1.82) is 0 Å². The molecule has 5 nitrogen and oxygen atoms in total. The summed E-state index contributed by atoms with van der Waals surface area (Å²) in [4.78, 5) is 19.8. The lowest BCUT2D eigenvalue weighted by molar-refractivity contribution is 0.0682. The van der Waals surface area contributed by atoms with Crippen molar-refractivity contribution in [3.63, 3.8) is 0 Å². The van der Waals surface area contributed by atoms with Gasteiger partial charge in [-0.1, -0.05) is 57.9 Å². The maximum absolute atomic E-state index is 13.0. The minimum atomic E-state index is -0.00483. The Hall–Kier alpha value is -2.83. The molecule has 1 saturated heterocycles. The van der Waals surface area contributed by atoms with E-state index in [1.807, 2.05) is 59.5 Å². The fourth-order valence-corrected chi connectivity index (χ4v) is 5.07. The highest BCUT2D eigenvalue weighted by Crippen LogP contribution is 2.27. The van der Waals surface area contributed by atoms with Gasteiger partial charge in [-0.15, -0.1) is 0 Å². The number of hydrogen-bond donors (Lipinski definition) is 0. The summed E-state index contributed by atoms with van der Waals surface area (Å²) >= 11 is 9.73. The van der Waals surface area contributed by atoms with Gasteiger partial charge in [-0.05, 0) is 61.2 Å². The number of likely N-dealkylation sites (tertiary alicyclic amines) is 1. The van der Waals surface area contributed by atoms with Crippen LogP contribution in [0.2, 0.25) is 5.02 Å². The molecule has 1 fully saturated rings. The Labute approximate surface area is 212 Å². The summed E-state index contributed by atoms with van der Waals surface area (Å²) in [6, 6.07) is 23.4. The van der Waals surface area contributed by atoms with Gasteiger partial charge < -0.3 is 14.2 Å². The number of carbonyl (C=O) groups is 1. The van der Waals surface area contributed by atoms with E-state index in [-0.39, 0.29) is 5.91 Å². The first-order chi connectivity index (χ1) is 16.6. The minimum Gasteiger partial charge on any atom is -0.486 e.